The standard InChI is InChI=1S/C24H23NO3/c1-16-5-4-6-17(11-16)12-19(15-26)25-24(27)14-20-13-22-21-8-3-2-7-18(21)9-10-23(22)28-20/h2-11,13,19,26H,12,14-15H2,1H3,(H,25,27). The molecule has 28 heavy (non-hydrogen) atoms. The Morgan fingerprint density at radius 3 is 2.71 bits per heavy atom. The van der Waals surface area contributed by atoms with Crippen LogP contribution in [0.3, 0.4) is 0 Å². The molecular weight excluding hydrogens is 350 g/mol. The Kier molecular flexibility index (Phi) is 5.13. The molecule has 0 aliphatic carbocycles. The van der Waals surface area contributed by atoms with Crippen LogP contribution in [-0.2, 0) is 17.6 Å². The second-order valence-electron chi connectivity index (χ2n) is 7.23. The van der Waals surface area contributed by atoms with E-state index in [0.717, 1.165) is 32.9 Å². The summed E-state index contributed by atoms with van der Waals surface area (Å²) in [6.07, 6.45) is 0.738. The first-order chi connectivity index (χ1) is 13.6. The van der Waals surface area contributed by atoms with Crippen LogP contribution < -0.4 is 5.32 Å². The smallest absolute Gasteiger partial charge is 0.227 e. The summed E-state index contributed by atoms with van der Waals surface area (Å²) in [5, 5.41) is 15.9. The first-order valence-corrected chi connectivity index (χ1v) is 9.48. The lowest BCUT2D eigenvalue weighted by Gasteiger charge is -2.16. The molecule has 4 heteroatoms. The molecule has 4 aromatic rings. The van der Waals surface area contributed by atoms with E-state index >= 15 is 0 Å². The first kappa shape index (κ1) is 18.3. The number of carbonyl (C=O) groups excluding carboxylic acids is 1. The highest BCUT2D eigenvalue weighted by atomic mass is 16.3. The van der Waals surface area contributed by atoms with Crippen LogP contribution in [0.5, 0.6) is 0 Å². The van der Waals surface area contributed by atoms with Crippen molar-refractivity contribution in [1.82, 2.24) is 5.32 Å². The third-order valence-electron chi connectivity index (χ3n) is 4.96. The fourth-order valence-electron chi connectivity index (χ4n) is 3.65. The Labute approximate surface area is 163 Å². The van der Waals surface area contributed by atoms with Crippen LogP contribution in [0, 0.1) is 6.92 Å². The van der Waals surface area contributed by atoms with E-state index in [4.69, 9.17) is 4.42 Å². The summed E-state index contributed by atoms with van der Waals surface area (Å²) in [5.41, 5.74) is 3.03. The van der Waals surface area contributed by atoms with Gasteiger partial charge < -0.3 is 14.8 Å². The van der Waals surface area contributed by atoms with Crippen molar-refractivity contribution in [3.05, 3.63) is 83.6 Å². The maximum absolute atomic E-state index is 12.5. The van der Waals surface area contributed by atoms with Crippen LogP contribution in [0.1, 0.15) is 16.9 Å². The molecule has 3 aromatic carbocycles. The van der Waals surface area contributed by atoms with Gasteiger partial charge in [0, 0.05) is 5.39 Å². The molecule has 2 N–H and O–H groups in total. The number of benzene rings is 3. The lowest BCUT2D eigenvalue weighted by Crippen LogP contribution is -2.39. The Morgan fingerprint density at radius 2 is 1.89 bits per heavy atom. The lowest BCUT2D eigenvalue weighted by atomic mass is 10.0. The fraction of sp³-hybridized carbons (Fsp3) is 0.208. The van der Waals surface area contributed by atoms with Crippen LogP contribution in [-0.4, -0.2) is 23.7 Å². The number of hydrogen-bond donors (Lipinski definition) is 2. The van der Waals surface area contributed by atoms with Crippen molar-refractivity contribution in [2.75, 3.05) is 6.61 Å². The minimum atomic E-state index is -0.320. The molecular formula is C24H23NO3. The quantitative estimate of drug-likeness (QED) is 0.534. The molecule has 1 amide bonds. The molecule has 142 valence electrons. The van der Waals surface area contributed by atoms with Crippen LogP contribution in [0.25, 0.3) is 21.7 Å². The Hall–Kier alpha value is -3.11. The van der Waals surface area contributed by atoms with E-state index < -0.39 is 0 Å². The summed E-state index contributed by atoms with van der Waals surface area (Å²) < 4.78 is 5.87. The van der Waals surface area contributed by atoms with Gasteiger partial charge in [-0.05, 0) is 41.8 Å². The third-order valence-corrected chi connectivity index (χ3v) is 4.96. The molecule has 0 radical (unpaired) electrons. The largest absolute Gasteiger partial charge is 0.461 e. The summed E-state index contributed by atoms with van der Waals surface area (Å²) in [4.78, 5) is 12.5. The van der Waals surface area contributed by atoms with E-state index in [1.165, 1.54) is 0 Å². The second-order valence-corrected chi connectivity index (χ2v) is 7.23. The number of aliphatic hydroxyl groups is 1. The SMILES string of the molecule is Cc1cccc(CC(CO)NC(=O)Cc2cc3c(ccc4ccccc43)o2)c1. The van der Waals surface area contributed by atoms with E-state index in [1.54, 1.807) is 0 Å². The van der Waals surface area contributed by atoms with Gasteiger partial charge in [0.1, 0.15) is 11.3 Å². The van der Waals surface area contributed by atoms with E-state index in [1.807, 2.05) is 55.5 Å². The second kappa shape index (κ2) is 7.87. The maximum Gasteiger partial charge on any atom is 0.227 e. The number of fused-ring (bicyclic) bond motifs is 3. The molecule has 0 saturated carbocycles. The van der Waals surface area contributed by atoms with Gasteiger partial charge in [-0.15, -0.1) is 0 Å². The number of furan rings is 1. The molecule has 4 rings (SSSR count). The number of rotatable bonds is 6. The molecule has 0 bridgehead atoms. The minimum Gasteiger partial charge on any atom is -0.461 e. The van der Waals surface area contributed by atoms with Crippen LogP contribution in [0.4, 0.5) is 0 Å². The van der Waals surface area contributed by atoms with E-state index in [-0.39, 0.29) is 25.0 Å². The number of nitrogens with one attached hydrogen (secondary N) is 1. The highest BCUT2D eigenvalue weighted by Crippen LogP contribution is 2.28. The zero-order chi connectivity index (χ0) is 19.5. The normalized spacial score (nSPS) is 12.4. The molecule has 0 aliphatic rings. The van der Waals surface area contributed by atoms with E-state index in [9.17, 15) is 9.90 Å². The number of hydrogen-bond acceptors (Lipinski definition) is 3. The average molecular weight is 373 g/mol. The summed E-state index contributed by atoms with van der Waals surface area (Å²) in [6, 6.07) is 21.8. The molecule has 0 fully saturated rings. The predicted octanol–water partition coefficient (Wildman–Crippen LogP) is 4.16. The zero-order valence-electron chi connectivity index (χ0n) is 15.8. The van der Waals surface area contributed by atoms with Crippen molar-refractivity contribution in [2.45, 2.75) is 25.8 Å². The molecule has 1 atom stereocenters. The summed E-state index contributed by atoms with van der Waals surface area (Å²) >= 11 is 0. The highest BCUT2D eigenvalue weighted by Gasteiger charge is 2.15. The van der Waals surface area contributed by atoms with Gasteiger partial charge >= 0.3 is 0 Å². The fourth-order valence-corrected chi connectivity index (χ4v) is 3.65. The number of amides is 1. The monoisotopic (exact) mass is 373 g/mol. The van der Waals surface area contributed by atoms with Crippen molar-refractivity contribution < 1.29 is 14.3 Å². The third kappa shape index (κ3) is 3.92. The van der Waals surface area contributed by atoms with Gasteiger partial charge in [-0.3, -0.25) is 4.79 Å². The van der Waals surface area contributed by atoms with Crippen molar-refractivity contribution >= 4 is 27.6 Å². The molecule has 1 aromatic heterocycles. The average Bonchev–Trinajstić information content (AvgIpc) is 3.10. The first-order valence-electron chi connectivity index (χ1n) is 9.48. The molecule has 1 heterocycles. The molecule has 1 unspecified atom stereocenters. The van der Waals surface area contributed by atoms with Gasteiger partial charge in [0.2, 0.25) is 5.91 Å². The van der Waals surface area contributed by atoms with Crippen molar-refractivity contribution in [3.8, 4) is 0 Å². The Balaban J connectivity index is 1.47. The summed E-state index contributed by atoms with van der Waals surface area (Å²) in [5.74, 6) is 0.464. The maximum atomic E-state index is 12.5. The highest BCUT2D eigenvalue weighted by molar-refractivity contribution is 6.06. The van der Waals surface area contributed by atoms with Crippen molar-refractivity contribution in [2.24, 2.45) is 0 Å². The van der Waals surface area contributed by atoms with Gasteiger partial charge in [-0.25, -0.2) is 0 Å². The van der Waals surface area contributed by atoms with Gasteiger partial charge in [-0.2, -0.15) is 0 Å². The Morgan fingerprint density at radius 1 is 1.04 bits per heavy atom. The van der Waals surface area contributed by atoms with Crippen molar-refractivity contribution in [3.63, 3.8) is 0 Å². The van der Waals surface area contributed by atoms with Gasteiger partial charge in [0.25, 0.3) is 0 Å². The topological polar surface area (TPSA) is 62.5 Å². The number of aliphatic hydroxyl groups excluding tert-OH is 1. The van der Waals surface area contributed by atoms with E-state index in [0.29, 0.717) is 12.2 Å². The number of aryl methyl sites for hydroxylation is 1. The molecule has 0 spiro atoms. The molecule has 0 aliphatic heterocycles. The minimum absolute atomic E-state index is 0.107. The van der Waals surface area contributed by atoms with Crippen LogP contribution >= 0.6 is 0 Å². The Bertz CT molecular complexity index is 1130. The van der Waals surface area contributed by atoms with E-state index in [2.05, 4.69) is 23.5 Å². The molecule has 4 nitrogen and oxygen atoms in total. The van der Waals surface area contributed by atoms with Crippen LogP contribution in [0.2, 0.25) is 0 Å². The van der Waals surface area contributed by atoms with Crippen molar-refractivity contribution in [1.29, 1.82) is 0 Å². The summed E-state index contributed by atoms with van der Waals surface area (Å²) in [7, 11) is 0. The van der Waals surface area contributed by atoms with Gasteiger partial charge in [0.05, 0.1) is 19.1 Å². The van der Waals surface area contributed by atoms with Gasteiger partial charge in [-0.1, -0.05) is 60.2 Å². The predicted molar refractivity (Wildman–Crippen MR) is 111 cm³/mol. The lowest BCUT2D eigenvalue weighted by molar-refractivity contribution is -0.121. The van der Waals surface area contributed by atoms with Crippen LogP contribution in [0.15, 0.2) is 71.1 Å². The zero-order valence-corrected chi connectivity index (χ0v) is 15.8. The van der Waals surface area contributed by atoms with Gasteiger partial charge in [0.15, 0.2) is 0 Å². The number of carbonyl (C=O) groups is 1. The molecule has 0 saturated heterocycles. The summed E-state index contributed by atoms with van der Waals surface area (Å²) in [6.45, 7) is 1.92.